The second kappa shape index (κ2) is 16.7. The molecule has 1 saturated heterocycles. The van der Waals surface area contributed by atoms with Crippen LogP contribution in [0.15, 0.2) is 40.3 Å². The first-order chi connectivity index (χ1) is 29.5. The molecule has 4 aliphatic rings. The molecule has 8 rings (SSSR count). The first kappa shape index (κ1) is 43.2. The van der Waals surface area contributed by atoms with Gasteiger partial charge in [0.1, 0.15) is 45.9 Å². The van der Waals surface area contributed by atoms with E-state index in [1.54, 1.807) is 21.0 Å². The number of hydrogen-bond donors (Lipinski definition) is 3. The topological polar surface area (TPSA) is 225 Å². The van der Waals surface area contributed by atoms with E-state index in [0.29, 0.717) is 58.8 Å². The molecule has 62 heavy (non-hydrogen) atoms. The second-order valence-electron chi connectivity index (χ2n) is 17.4. The quantitative estimate of drug-likeness (QED) is 0.178. The number of fused-ring (bicyclic) bond motifs is 3. The van der Waals surface area contributed by atoms with Crippen molar-refractivity contribution in [1.82, 2.24) is 40.4 Å². The van der Waals surface area contributed by atoms with E-state index in [2.05, 4.69) is 39.3 Å². The molecule has 4 amide bonds. The molecule has 5 atom stereocenters. The highest BCUT2D eigenvalue weighted by Crippen LogP contribution is 2.48. The Morgan fingerprint density at radius 1 is 1.08 bits per heavy atom. The number of hydrogen-bond acceptors (Lipinski definition) is 14. The maximum atomic E-state index is 14.8. The lowest BCUT2D eigenvalue weighted by Gasteiger charge is -2.29. The average Bonchev–Trinajstić information content (AvgIpc) is 3.86. The number of ether oxygens (including phenoxy) is 2. The summed E-state index contributed by atoms with van der Waals surface area (Å²) < 4.78 is 45.3. The highest BCUT2D eigenvalue weighted by Gasteiger charge is 2.63. The predicted molar refractivity (Wildman–Crippen MR) is 229 cm³/mol. The van der Waals surface area contributed by atoms with Gasteiger partial charge in [-0.15, -0.1) is 11.3 Å². The fourth-order valence-corrected chi connectivity index (χ4v) is 10.5. The second-order valence-corrected chi connectivity index (χ2v) is 20.5. The summed E-state index contributed by atoms with van der Waals surface area (Å²) in [5.41, 5.74) is 1.37. The molecular weight excluding hydrogens is 837 g/mol. The summed E-state index contributed by atoms with van der Waals surface area (Å²) in [5, 5.41) is 12.8. The zero-order chi connectivity index (χ0) is 44.1. The van der Waals surface area contributed by atoms with Crippen LogP contribution in [0.5, 0.6) is 11.5 Å². The lowest BCUT2D eigenvalue weighted by atomic mass is 10.0. The first-order valence-electron chi connectivity index (χ1n) is 21.1. The number of allylic oxidation sites excluding steroid dienone is 1. The molecule has 0 spiro atoms. The van der Waals surface area contributed by atoms with Gasteiger partial charge in [0.15, 0.2) is 5.82 Å². The standard InChI is InChI=1S/C43H52N8O9S2/c1-23(2)31-22-61-39(47-31)30-19-34(28-14-15-33(58-6)24(3)35(28)45-30)59-27-18-32-36(52)48-43(41(55)50-62(56,57)42(5)16-17-42)20-26(43)12-10-8-7-9-11-13-29(40(54)51(32)21-27)46-37(53)38-44-25(4)49-60-38/h10,12,14-15,19,22-23,26-27,29,32H,7-9,11,13,16-18,20-21H2,1-6H3,(H,46,53)(H,48,52)(H,50,55)/b12-10-/t26-,27-,29+,32+,43-/m1/s1. The lowest BCUT2D eigenvalue weighted by molar-refractivity contribution is -0.141. The van der Waals surface area contributed by atoms with Crippen molar-refractivity contribution >= 4 is 55.9 Å². The molecule has 19 heteroatoms. The number of amides is 4. The number of methoxy groups -OCH3 is 1. The van der Waals surface area contributed by atoms with E-state index in [-0.39, 0.29) is 43.4 Å². The van der Waals surface area contributed by atoms with Gasteiger partial charge in [-0.2, -0.15) is 4.98 Å². The van der Waals surface area contributed by atoms with Gasteiger partial charge in [0.25, 0.3) is 5.91 Å². The summed E-state index contributed by atoms with van der Waals surface area (Å²) in [6.07, 6.45) is 7.08. The molecule has 3 N–H and O–H groups in total. The minimum atomic E-state index is -4.03. The van der Waals surface area contributed by atoms with Gasteiger partial charge in [-0.25, -0.2) is 18.4 Å². The zero-order valence-corrected chi connectivity index (χ0v) is 37.3. The van der Waals surface area contributed by atoms with Gasteiger partial charge < -0.3 is 29.5 Å². The third-order valence-electron chi connectivity index (χ3n) is 12.5. The number of benzene rings is 1. The fourth-order valence-electron chi connectivity index (χ4n) is 8.21. The summed E-state index contributed by atoms with van der Waals surface area (Å²) >= 11 is 1.47. The highest BCUT2D eigenvalue weighted by atomic mass is 32.2. The van der Waals surface area contributed by atoms with Crippen LogP contribution in [0.25, 0.3) is 21.6 Å². The van der Waals surface area contributed by atoms with Crippen molar-refractivity contribution in [3.63, 3.8) is 0 Å². The largest absolute Gasteiger partial charge is 0.496 e. The molecule has 0 unspecified atom stereocenters. The lowest BCUT2D eigenvalue weighted by Crippen LogP contribution is -2.58. The summed E-state index contributed by atoms with van der Waals surface area (Å²) in [6.45, 7) is 9.15. The number of aryl methyl sites for hydroxylation is 2. The van der Waals surface area contributed by atoms with Gasteiger partial charge in [0.05, 0.1) is 29.6 Å². The van der Waals surface area contributed by atoms with E-state index >= 15 is 0 Å². The molecular formula is C43H52N8O9S2. The molecule has 2 aliphatic heterocycles. The zero-order valence-electron chi connectivity index (χ0n) is 35.6. The Bertz CT molecular complexity index is 2570. The molecule has 5 heterocycles. The Morgan fingerprint density at radius 3 is 2.56 bits per heavy atom. The van der Waals surface area contributed by atoms with Gasteiger partial charge >= 0.3 is 11.8 Å². The van der Waals surface area contributed by atoms with Crippen LogP contribution in [0.4, 0.5) is 0 Å². The molecule has 0 radical (unpaired) electrons. The van der Waals surface area contributed by atoms with E-state index in [9.17, 15) is 27.6 Å². The van der Waals surface area contributed by atoms with E-state index in [4.69, 9.17) is 24.0 Å². The number of rotatable bonds is 10. The van der Waals surface area contributed by atoms with Crippen molar-refractivity contribution in [3.8, 4) is 22.2 Å². The molecule has 17 nitrogen and oxygen atoms in total. The summed E-state index contributed by atoms with van der Waals surface area (Å²) in [5.74, 6) is -1.96. The van der Waals surface area contributed by atoms with Crippen molar-refractivity contribution in [2.45, 2.75) is 127 Å². The molecule has 3 fully saturated rings. The smallest absolute Gasteiger partial charge is 0.315 e. The summed E-state index contributed by atoms with van der Waals surface area (Å²) in [6, 6.07) is 3.24. The SMILES string of the molecule is COc1ccc2c(O[C@@H]3C[C@H]4C(=O)N[C@]5(C(=O)NS(=O)(=O)C6(C)CC6)C[C@H]5/C=C\CCCCC[C@H](NC(=O)c5nc(C)no5)C(=O)N4C3)cc(-c3nc(C(C)C)cs3)nc2c1C. The molecule has 1 aromatic carbocycles. The monoisotopic (exact) mass is 888 g/mol. The number of nitrogens with zero attached hydrogens (tertiary/aromatic N) is 5. The van der Waals surface area contributed by atoms with Crippen LogP contribution in [-0.4, -0.2) is 99.2 Å². The average molecular weight is 889 g/mol. The number of aromatic nitrogens is 4. The van der Waals surface area contributed by atoms with Gasteiger partial charge in [0.2, 0.25) is 21.8 Å². The summed E-state index contributed by atoms with van der Waals surface area (Å²) in [4.78, 5) is 72.2. The van der Waals surface area contributed by atoms with Crippen molar-refractivity contribution in [3.05, 3.63) is 58.7 Å². The van der Waals surface area contributed by atoms with Crippen LogP contribution >= 0.6 is 11.3 Å². The Labute approximate surface area is 363 Å². The third-order valence-corrected chi connectivity index (χ3v) is 15.5. The Kier molecular flexibility index (Phi) is 11.6. The van der Waals surface area contributed by atoms with Crippen molar-refractivity contribution in [1.29, 1.82) is 0 Å². The first-order valence-corrected chi connectivity index (χ1v) is 23.5. The number of carbonyl (C=O) groups excluding carboxylic acids is 4. The molecule has 3 aromatic heterocycles. The predicted octanol–water partition coefficient (Wildman–Crippen LogP) is 5.03. The number of thiazole rings is 1. The van der Waals surface area contributed by atoms with Crippen LogP contribution in [0.1, 0.15) is 112 Å². The molecule has 2 aliphatic carbocycles. The van der Waals surface area contributed by atoms with Crippen molar-refractivity contribution in [2.24, 2.45) is 5.92 Å². The van der Waals surface area contributed by atoms with Crippen LogP contribution < -0.4 is 24.8 Å². The number of nitrogens with one attached hydrogen (secondary N) is 3. The van der Waals surface area contributed by atoms with E-state index in [0.717, 1.165) is 24.1 Å². The fraction of sp³-hybridized carbons (Fsp3) is 0.535. The number of carbonyl (C=O) groups is 4. The van der Waals surface area contributed by atoms with Gasteiger partial charge in [-0.1, -0.05) is 44.0 Å². The van der Waals surface area contributed by atoms with Crippen LogP contribution in [0.3, 0.4) is 0 Å². The van der Waals surface area contributed by atoms with E-state index < -0.39 is 68.0 Å². The molecule has 0 bridgehead atoms. The van der Waals surface area contributed by atoms with Gasteiger partial charge in [-0.3, -0.25) is 23.9 Å². The Balaban J connectivity index is 1.15. The van der Waals surface area contributed by atoms with Crippen LogP contribution in [-0.2, 0) is 24.4 Å². The maximum absolute atomic E-state index is 14.8. The minimum Gasteiger partial charge on any atom is -0.496 e. The van der Waals surface area contributed by atoms with Crippen LogP contribution in [0, 0.1) is 19.8 Å². The Morgan fingerprint density at radius 2 is 1.87 bits per heavy atom. The van der Waals surface area contributed by atoms with Gasteiger partial charge in [-0.05, 0) is 77.3 Å². The summed E-state index contributed by atoms with van der Waals surface area (Å²) in [7, 11) is -2.44. The van der Waals surface area contributed by atoms with Crippen molar-refractivity contribution < 1.29 is 41.6 Å². The molecule has 330 valence electrons. The molecule has 2 saturated carbocycles. The maximum Gasteiger partial charge on any atom is 0.315 e. The van der Waals surface area contributed by atoms with Gasteiger partial charge in [0, 0.05) is 34.7 Å². The number of sulfonamides is 1. The number of pyridine rings is 1. The minimum absolute atomic E-state index is 0.0126. The Hall–Kier alpha value is -5.43. The van der Waals surface area contributed by atoms with E-state index in [1.807, 2.05) is 42.7 Å². The third kappa shape index (κ3) is 8.40. The molecule has 4 aromatic rings. The van der Waals surface area contributed by atoms with Crippen LogP contribution in [0.2, 0.25) is 0 Å². The van der Waals surface area contributed by atoms with Crippen molar-refractivity contribution in [2.75, 3.05) is 13.7 Å². The highest BCUT2D eigenvalue weighted by molar-refractivity contribution is 7.91. The normalized spacial score (nSPS) is 25.5. The van der Waals surface area contributed by atoms with E-state index in [1.165, 1.54) is 16.2 Å².